The van der Waals surface area contributed by atoms with Crippen molar-refractivity contribution in [2.24, 2.45) is 0 Å². The zero-order valence-corrected chi connectivity index (χ0v) is 16.7. The lowest BCUT2D eigenvalue weighted by Crippen LogP contribution is -2.44. The molecule has 0 aliphatic carbocycles. The number of nitrogens with zero attached hydrogens (tertiary/aromatic N) is 2. The van der Waals surface area contributed by atoms with Crippen LogP contribution in [0, 0.1) is 6.92 Å². The zero-order chi connectivity index (χ0) is 18.7. The fraction of sp³-hybridized carbons (Fsp3) is 0.429. The molecular weight excluding hydrogens is 344 g/mol. The second kappa shape index (κ2) is 7.91. The largest absolute Gasteiger partial charge is 0.309 e. The van der Waals surface area contributed by atoms with E-state index >= 15 is 0 Å². The van der Waals surface area contributed by atoms with E-state index in [0.29, 0.717) is 11.4 Å². The second-order valence-electron chi connectivity index (χ2n) is 7.44. The fourth-order valence-corrected chi connectivity index (χ4v) is 5.21. The van der Waals surface area contributed by atoms with Crippen molar-refractivity contribution in [2.45, 2.75) is 43.7 Å². The molecule has 0 bridgehead atoms. The first kappa shape index (κ1) is 19.1. The van der Waals surface area contributed by atoms with Gasteiger partial charge in [-0.2, -0.15) is 4.31 Å². The van der Waals surface area contributed by atoms with Gasteiger partial charge in [-0.05, 0) is 70.1 Å². The van der Waals surface area contributed by atoms with Gasteiger partial charge >= 0.3 is 0 Å². The maximum atomic E-state index is 13.3. The second-order valence-corrected chi connectivity index (χ2v) is 9.33. The minimum Gasteiger partial charge on any atom is -0.309 e. The molecule has 2 aromatic carbocycles. The highest BCUT2D eigenvalue weighted by Gasteiger charge is 2.35. The standard InChI is InChI=1S/C21H28N2O2S/c1-17-10-12-21(13-11-17)26(24,25)23-16-19-8-5-4-7-18(19)15-20(23)9-6-14-22(2)3/h4-5,7-8,10-13,20H,6,9,14-16H2,1-3H3/t20-/m1/s1. The number of hydrogen-bond acceptors (Lipinski definition) is 3. The molecule has 5 heteroatoms. The van der Waals surface area contributed by atoms with Gasteiger partial charge in [-0.1, -0.05) is 42.0 Å². The molecule has 0 N–H and O–H groups in total. The summed E-state index contributed by atoms with van der Waals surface area (Å²) in [5.41, 5.74) is 3.46. The molecule has 0 saturated heterocycles. The van der Waals surface area contributed by atoms with E-state index in [1.54, 1.807) is 16.4 Å². The fourth-order valence-electron chi connectivity index (χ4n) is 3.58. The summed E-state index contributed by atoms with van der Waals surface area (Å²) in [6, 6.07) is 15.4. The lowest BCUT2D eigenvalue weighted by atomic mass is 9.93. The van der Waals surface area contributed by atoms with E-state index in [9.17, 15) is 8.42 Å². The Kier molecular flexibility index (Phi) is 5.80. The topological polar surface area (TPSA) is 40.6 Å². The van der Waals surface area contributed by atoms with Crippen molar-refractivity contribution in [1.29, 1.82) is 0 Å². The van der Waals surface area contributed by atoms with Crippen molar-refractivity contribution in [1.82, 2.24) is 9.21 Å². The first-order valence-electron chi connectivity index (χ1n) is 9.18. The van der Waals surface area contributed by atoms with Crippen LogP contribution >= 0.6 is 0 Å². The molecule has 0 unspecified atom stereocenters. The molecule has 0 aromatic heterocycles. The third kappa shape index (κ3) is 4.17. The molecule has 0 fully saturated rings. The Morgan fingerprint density at radius 2 is 1.69 bits per heavy atom. The van der Waals surface area contributed by atoms with E-state index in [4.69, 9.17) is 0 Å². The summed E-state index contributed by atoms with van der Waals surface area (Å²) in [6.07, 6.45) is 2.64. The van der Waals surface area contributed by atoms with Gasteiger partial charge in [0.15, 0.2) is 0 Å². The van der Waals surface area contributed by atoms with Crippen LogP contribution in [-0.4, -0.2) is 44.3 Å². The summed E-state index contributed by atoms with van der Waals surface area (Å²) < 4.78 is 28.4. The number of hydrogen-bond donors (Lipinski definition) is 0. The highest BCUT2D eigenvalue weighted by Crippen LogP contribution is 2.31. The smallest absolute Gasteiger partial charge is 0.243 e. The van der Waals surface area contributed by atoms with E-state index in [2.05, 4.69) is 25.1 Å². The van der Waals surface area contributed by atoms with Crippen LogP contribution in [0.2, 0.25) is 0 Å². The highest BCUT2D eigenvalue weighted by molar-refractivity contribution is 7.89. The molecule has 0 saturated carbocycles. The third-order valence-corrected chi connectivity index (χ3v) is 6.99. The molecule has 26 heavy (non-hydrogen) atoms. The van der Waals surface area contributed by atoms with Crippen molar-refractivity contribution >= 4 is 10.0 Å². The van der Waals surface area contributed by atoms with Crippen molar-refractivity contribution in [3.05, 3.63) is 65.2 Å². The van der Waals surface area contributed by atoms with E-state index in [1.807, 2.05) is 37.3 Å². The summed E-state index contributed by atoms with van der Waals surface area (Å²) in [6.45, 7) is 3.40. The van der Waals surface area contributed by atoms with E-state index < -0.39 is 10.0 Å². The molecule has 140 valence electrons. The Labute approximate surface area is 157 Å². The first-order chi connectivity index (χ1) is 12.4. The van der Waals surface area contributed by atoms with E-state index in [0.717, 1.165) is 36.9 Å². The lowest BCUT2D eigenvalue weighted by molar-refractivity contribution is 0.263. The van der Waals surface area contributed by atoms with Crippen molar-refractivity contribution in [3.63, 3.8) is 0 Å². The van der Waals surface area contributed by atoms with Gasteiger partial charge in [0, 0.05) is 12.6 Å². The van der Waals surface area contributed by atoms with Crippen molar-refractivity contribution in [3.8, 4) is 0 Å². The summed E-state index contributed by atoms with van der Waals surface area (Å²) in [7, 11) is 0.604. The molecule has 1 atom stereocenters. The number of benzene rings is 2. The van der Waals surface area contributed by atoms with Crippen LogP contribution in [0.4, 0.5) is 0 Å². The average molecular weight is 373 g/mol. The molecule has 2 aromatic rings. The molecule has 0 amide bonds. The number of sulfonamides is 1. The van der Waals surface area contributed by atoms with Crippen LogP contribution in [0.25, 0.3) is 0 Å². The maximum Gasteiger partial charge on any atom is 0.243 e. The van der Waals surface area contributed by atoms with E-state index in [1.165, 1.54) is 5.56 Å². The molecule has 0 spiro atoms. The monoisotopic (exact) mass is 372 g/mol. The first-order valence-corrected chi connectivity index (χ1v) is 10.6. The molecule has 4 nitrogen and oxygen atoms in total. The minimum absolute atomic E-state index is 0.0103. The molecule has 1 aliphatic rings. The lowest BCUT2D eigenvalue weighted by Gasteiger charge is -2.36. The summed E-state index contributed by atoms with van der Waals surface area (Å²) in [5.74, 6) is 0. The Morgan fingerprint density at radius 1 is 1.04 bits per heavy atom. The van der Waals surface area contributed by atoms with Gasteiger partial charge in [-0.15, -0.1) is 0 Å². The Morgan fingerprint density at radius 3 is 2.35 bits per heavy atom. The molecule has 3 rings (SSSR count). The normalized spacial score (nSPS) is 18.1. The number of aryl methyl sites for hydroxylation is 1. The predicted molar refractivity (Wildman–Crippen MR) is 106 cm³/mol. The van der Waals surface area contributed by atoms with Crippen molar-refractivity contribution < 1.29 is 8.42 Å². The van der Waals surface area contributed by atoms with Crippen LogP contribution in [-0.2, 0) is 23.0 Å². The van der Waals surface area contributed by atoms with Crippen LogP contribution in [0.15, 0.2) is 53.4 Å². The number of rotatable bonds is 6. The molecule has 1 aliphatic heterocycles. The number of fused-ring (bicyclic) bond motifs is 1. The van der Waals surface area contributed by atoms with Gasteiger partial charge in [-0.25, -0.2) is 8.42 Å². The molecule has 1 heterocycles. The third-order valence-electron chi connectivity index (χ3n) is 5.08. The average Bonchev–Trinajstić information content (AvgIpc) is 2.61. The Bertz CT molecular complexity index is 845. The SMILES string of the molecule is Cc1ccc(S(=O)(=O)N2Cc3ccccc3C[C@H]2CCCN(C)C)cc1. The minimum atomic E-state index is -3.50. The van der Waals surface area contributed by atoms with Gasteiger partial charge in [0.05, 0.1) is 4.90 Å². The van der Waals surface area contributed by atoms with E-state index in [-0.39, 0.29) is 6.04 Å². The summed E-state index contributed by atoms with van der Waals surface area (Å²) >= 11 is 0. The Balaban J connectivity index is 1.91. The van der Waals surface area contributed by atoms with Gasteiger partial charge in [0.25, 0.3) is 0 Å². The molecular formula is C21H28N2O2S. The Hall–Kier alpha value is -1.69. The van der Waals surface area contributed by atoms with Gasteiger partial charge in [0.1, 0.15) is 0 Å². The van der Waals surface area contributed by atoms with Crippen LogP contribution in [0.5, 0.6) is 0 Å². The van der Waals surface area contributed by atoms with Gasteiger partial charge < -0.3 is 4.90 Å². The van der Waals surface area contributed by atoms with Gasteiger partial charge in [-0.3, -0.25) is 0 Å². The predicted octanol–water partition coefficient (Wildman–Crippen LogP) is 3.45. The van der Waals surface area contributed by atoms with Gasteiger partial charge in [0.2, 0.25) is 10.0 Å². The highest BCUT2D eigenvalue weighted by atomic mass is 32.2. The van der Waals surface area contributed by atoms with Crippen LogP contribution < -0.4 is 0 Å². The zero-order valence-electron chi connectivity index (χ0n) is 15.9. The quantitative estimate of drug-likeness (QED) is 0.780. The summed E-state index contributed by atoms with van der Waals surface area (Å²) in [5, 5.41) is 0. The summed E-state index contributed by atoms with van der Waals surface area (Å²) in [4.78, 5) is 2.54. The van der Waals surface area contributed by atoms with Crippen molar-refractivity contribution in [2.75, 3.05) is 20.6 Å². The van der Waals surface area contributed by atoms with Crippen LogP contribution in [0.3, 0.4) is 0 Å². The van der Waals surface area contributed by atoms with Crippen LogP contribution in [0.1, 0.15) is 29.5 Å². The maximum absolute atomic E-state index is 13.3. The molecule has 0 radical (unpaired) electrons.